The van der Waals surface area contributed by atoms with Gasteiger partial charge in [-0.15, -0.1) is 21.5 Å². The molecule has 2 aromatic heterocycles. The summed E-state index contributed by atoms with van der Waals surface area (Å²) >= 11 is 3.10. The van der Waals surface area contributed by atoms with Crippen molar-refractivity contribution in [2.24, 2.45) is 0 Å². The number of hydrogen-bond donors (Lipinski definition) is 0. The molecule has 1 aliphatic heterocycles. The molecule has 1 amide bonds. The van der Waals surface area contributed by atoms with Crippen molar-refractivity contribution in [3.63, 3.8) is 0 Å². The Morgan fingerprint density at radius 3 is 2.88 bits per heavy atom. The molecule has 0 aliphatic carbocycles. The predicted octanol–water partition coefficient (Wildman–Crippen LogP) is 2.90. The second-order valence-electron chi connectivity index (χ2n) is 7.65. The number of amides is 1. The van der Waals surface area contributed by atoms with Crippen molar-refractivity contribution in [1.29, 1.82) is 0 Å². The SMILES string of the molecule is CN(C)S(=O)(=O)c1ccc2c(c1)CCCN2C(=O)CSc1nncn1CCc1cccs1. The number of aryl methyl sites for hydroxylation is 3. The maximum absolute atomic E-state index is 13.0. The van der Waals surface area contributed by atoms with E-state index in [0.717, 1.165) is 42.2 Å². The molecule has 32 heavy (non-hydrogen) atoms. The highest BCUT2D eigenvalue weighted by atomic mass is 32.2. The number of benzene rings is 1. The summed E-state index contributed by atoms with van der Waals surface area (Å²) in [7, 11) is -0.476. The van der Waals surface area contributed by atoms with Crippen LogP contribution in [0.1, 0.15) is 16.9 Å². The van der Waals surface area contributed by atoms with Crippen molar-refractivity contribution in [2.75, 3.05) is 31.3 Å². The average molecular weight is 492 g/mol. The first kappa shape index (κ1) is 23.0. The Hall–Kier alpha value is -2.21. The number of rotatable bonds is 8. The van der Waals surface area contributed by atoms with Gasteiger partial charge in [0.15, 0.2) is 5.16 Å². The van der Waals surface area contributed by atoms with E-state index in [2.05, 4.69) is 21.6 Å². The molecule has 0 atom stereocenters. The molecule has 0 unspecified atom stereocenters. The fourth-order valence-electron chi connectivity index (χ4n) is 3.60. The monoisotopic (exact) mass is 491 g/mol. The van der Waals surface area contributed by atoms with Crippen LogP contribution in [0.5, 0.6) is 0 Å². The van der Waals surface area contributed by atoms with Crippen LogP contribution >= 0.6 is 23.1 Å². The minimum absolute atomic E-state index is 0.0213. The lowest BCUT2D eigenvalue weighted by Gasteiger charge is -2.30. The van der Waals surface area contributed by atoms with Gasteiger partial charge in [0.1, 0.15) is 6.33 Å². The van der Waals surface area contributed by atoms with Gasteiger partial charge < -0.3 is 9.47 Å². The summed E-state index contributed by atoms with van der Waals surface area (Å²) in [6.45, 7) is 1.39. The molecular weight excluding hydrogens is 466 g/mol. The normalized spacial score (nSPS) is 14.0. The number of hydrogen-bond acceptors (Lipinski definition) is 7. The highest BCUT2D eigenvalue weighted by Gasteiger charge is 2.26. The van der Waals surface area contributed by atoms with Crippen molar-refractivity contribution < 1.29 is 13.2 Å². The van der Waals surface area contributed by atoms with E-state index in [1.165, 1.54) is 35.0 Å². The van der Waals surface area contributed by atoms with Gasteiger partial charge in [0.2, 0.25) is 15.9 Å². The van der Waals surface area contributed by atoms with Crippen molar-refractivity contribution in [3.8, 4) is 0 Å². The maximum Gasteiger partial charge on any atom is 0.242 e. The van der Waals surface area contributed by atoms with Crippen LogP contribution in [0.25, 0.3) is 0 Å². The number of nitrogens with zero attached hydrogens (tertiary/aromatic N) is 5. The van der Waals surface area contributed by atoms with Crippen LogP contribution in [-0.2, 0) is 34.2 Å². The van der Waals surface area contributed by atoms with Gasteiger partial charge in [-0.25, -0.2) is 12.7 Å². The van der Waals surface area contributed by atoms with Crippen LogP contribution in [0.15, 0.2) is 52.1 Å². The summed E-state index contributed by atoms with van der Waals surface area (Å²) in [5, 5.41) is 11.0. The molecule has 0 saturated heterocycles. The molecule has 0 fully saturated rings. The number of fused-ring (bicyclic) bond motifs is 1. The minimum atomic E-state index is -3.51. The Balaban J connectivity index is 1.43. The summed E-state index contributed by atoms with van der Waals surface area (Å²) < 4.78 is 28.1. The fourth-order valence-corrected chi connectivity index (χ4v) is 6.07. The molecule has 3 aromatic rings. The Labute approximate surface area is 196 Å². The van der Waals surface area contributed by atoms with E-state index in [1.54, 1.807) is 40.8 Å². The molecule has 170 valence electrons. The molecule has 0 spiro atoms. The van der Waals surface area contributed by atoms with Crippen LogP contribution in [0.2, 0.25) is 0 Å². The summed E-state index contributed by atoms with van der Waals surface area (Å²) in [5.74, 6) is 0.224. The standard InChI is InChI=1S/C21H25N5O3S3/c1-24(2)32(28,29)18-7-8-19-16(13-18)5-3-10-26(19)20(27)14-31-21-23-22-15-25(21)11-9-17-6-4-12-30-17/h4,6-8,12-13,15H,3,5,9-11,14H2,1-2H3. The Morgan fingerprint density at radius 2 is 2.12 bits per heavy atom. The largest absolute Gasteiger partial charge is 0.311 e. The van der Waals surface area contributed by atoms with Crippen LogP contribution in [-0.4, -0.2) is 59.8 Å². The van der Waals surface area contributed by atoms with E-state index < -0.39 is 10.0 Å². The fraction of sp³-hybridized carbons (Fsp3) is 0.381. The summed E-state index contributed by atoms with van der Waals surface area (Å²) in [4.78, 5) is 16.3. The van der Waals surface area contributed by atoms with E-state index in [1.807, 2.05) is 10.6 Å². The van der Waals surface area contributed by atoms with E-state index in [-0.39, 0.29) is 16.6 Å². The van der Waals surface area contributed by atoms with Crippen molar-refractivity contribution >= 4 is 44.7 Å². The number of thioether (sulfide) groups is 1. The maximum atomic E-state index is 13.0. The second kappa shape index (κ2) is 9.74. The van der Waals surface area contributed by atoms with Gasteiger partial charge in [0, 0.05) is 37.7 Å². The van der Waals surface area contributed by atoms with Crippen LogP contribution in [0.3, 0.4) is 0 Å². The average Bonchev–Trinajstić information content (AvgIpc) is 3.46. The molecule has 3 heterocycles. The lowest BCUT2D eigenvalue weighted by Crippen LogP contribution is -2.37. The van der Waals surface area contributed by atoms with Gasteiger partial charge in [0.25, 0.3) is 0 Å². The molecule has 0 radical (unpaired) electrons. The summed E-state index contributed by atoms with van der Waals surface area (Å²) in [6, 6.07) is 9.16. The topological polar surface area (TPSA) is 88.4 Å². The zero-order chi connectivity index (χ0) is 22.7. The van der Waals surface area contributed by atoms with Crippen molar-refractivity contribution in [1.82, 2.24) is 19.1 Å². The number of aromatic nitrogens is 3. The smallest absolute Gasteiger partial charge is 0.242 e. The first-order chi connectivity index (χ1) is 15.4. The number of carbonyl (C=O) groups excluding carboxylic acids is 1. The molecule has 4 rings (SSSR count). The van der Waals surface area contributed by atoms with Gasteiger partial charge >= 0.3 is 0 Å². The quantitative estimate of drug-likeness (QED) is 0.450. The third kappa shape index (κ3) is 4.90. The number of anilines is 1. The van der Waals surface area contributed by atoms with E-state index in [0.29, 0.717) is 6.54 Å². The minimum Gasteiger partial charge on any atom is -0.311 e. The lowest BCUT2D eigenvalue weighted by atomic mass is 10.0. The first-order valence-corrected chi connectivity index (χ1v) is 13.6. The van der Waals surface area contributed by atoms with Gasteiger partial charge in [-0.3, -0.25) is 4.79 Å². The molecule has 0 bridgehead atoms. The molecule has 0 N–H and O–H groups in total. The number of thiophene rings is 1. The summed E-state index contributed by atoms with van der Waals surface area (Å²) in [6.07, 6.45) is 4.14. The van der Waals surface area contributed by atoms with Crippen LogP contribution < -0.4 is 4.90 Å². The van der Waals surface area contributed by atoms with Crippen molar-refractivity contribution in [2.45, 2.75) is 35.9 Å². The Bertz CT molecular complexity index is 1190. The molecule has 8 nitrogen and oxygen atoms in total. The van der Waals surface area contributed by atoms with Crippen LogP contribution in [0, 0.1) is 0 Å². The molecule has 1 aromatic carbocycles. The van der Waals surface area contributed by atoms with E-state index in [4.69, 9.17) is 0 Å². The van der Waals surface area contributed by atoms with Crippen molar-refractivity contribution in [3.05, 3.63) is 52.5 Å². The highest BCUT2D eigenvalue weighted by molar-refractivity contribution is 7.99. The number of carbonyl (C=O) groups is 1. The highest BCUT2D eigenvalue weighted by Crippen LogP contribution is 2.31. The molecule has 11 heteroatoms. The third-order valence-electron chi connectivity index (χ3n) is 5.33. The third-order valence-corrected chi connectivity index (χ3v) is 9.05. The predicted molar refractivity (Wildman–Crippen MR) is 127 cm³/mol. The summed E-state index contributed by atoms with van der Waals surface area (Å²) in [5.41, 5.74) is 1.68. The molecule has 0 saturated carbocycles. The lowest BCUT2D eigenvalue weighted by molar-refractivity contribution is -0.116. The van der Waals surface area contributed by atoms with Gasteiger partial charge in [0.05, 0.1) is 10.6 Å². The Kier molecular flexibility index (Phi) is 6.99. The first-order valence-electron chi connectivity index (χ1n) is 10.2. The Morgan fingerprint density at radius 1 is 1.28 bits per heavy atom. The van der Waals surface area contributed by atoms with Crippen LogP contribution in [0.4, 0.5) is 5.69 Å². The molecular formula is C21H25N5O3S3. The molecule has 1 aliphatic rings. The second-order valence-corrected chi connectivity index (χ2v) is 11.8. The van der Waals surface area contributed by atoms with Gasteiger partial charge in [-0.05, 0) is 54.5 Å². The van der Waals surface area contributed by atoms with E-state index >= 15 is 0 Å². The number of sulfonamides is 1. The van der Waals surface area contributed by atoms with Gasteiger partial charge in [-0.1, -0.05) is 17.8 Å². The zero-order valence-corrected chi connectivity index (χ0v) is 20.4. The van der Waals surface area contributed by atoms with E-state index in [9.17, 15) is 13.2 Å². The zero-order valence-electron chi connectivity index (χ0n) is 18.0. The van der Waals surface area contributed by atoms with Gasteiger partial charge in [-0.2, -0.15) is 0 Å².